The molecular weight excluding hydrogens is 398 g/mol. The third-order valence-electron chi connectivity index (χ3n) is 4.65. The number of thiophene rings is 1. The van der Waals surface area contributed by atoms with Crippen LogP contribution < -0.4 is 10.2 Å². The predicted octanol–water partition coefficient (Wildman–Crippen LogP) is 2.06. The molecule has 4 heterocycles. The van der Waals surface area contributed by atoms with Crippen molar-refractivity contribution in [3.05, 3.63) is 51.6 Å². The largest absolute Gasteiger partial charge is 0.354 e. The zero-order chi connectivity index (χ0) is 19.5. The average molecular weight is 418 g/mol. The van der Waals surface area contributed by atoms with Gasteiger partial charge in [-0.1, -0.05) is 16.8 Å². The van der Waals surface area contributed by atoms with E-state index in [2.05, 4.69) is 37.5 Å². The Balaban J connectivity index is 1.42. The van der Waals surface area contributed by atoms with Crippen molar-refractivity contribution < 1.29 is 4.79 Å². The van der Waals surface area contributed by atoms with Gasteiger partial charge in [0.25, 0.3) is 5.91 Å². The standard InChI is InChI=1S/C18H20ClN7OS/c1-24-6-8-25(9-7-24)17-5-2-13(10-20-17)26-14(12-22-23-26)11-21-18(27)15-3-4-16(19)28-15/h2-5,10,12H,6-9,11H2,1H3,(H,21,27). The molecular formula is C18H20ClN7OS. The number of anilines is 1. The van der Waals surface area contributed by atoms with E-state index in [0.29, 0.717) is 15.8 Å². The van der Waals surface area contributed by atoms with Gasteiger partial charge in [0, 0.05) is 26.2 Å². The lowest BCUT2D eigenvalue weighted by atomic mass is 10.3. The van der Waals surface area contributed by atoms with Crippen LogP contribution in [0, 0.1) is 0 Å². The summed E-state index contributed by atoms with van der Waals surface area (Å²) >= 11 is 7.13. The first-order valence-corrected chi connectivity index (χ1v) is 10.1. The monoisotopic (exact) mass is 417 g/mol. The molecule has 0 radical (unpaired) electrons. The summed E-state index contributed by atoms with van der Waals surface area (Å²) in [7, 11) is 2.13. The topological polar surface area (TPSA) is 79.2 Å². The lowest BCUT2D eigenvalue weighted by Gasteiger charge is -2.33. The van der Waals surface area contributed by atoms with E-state index in [0.717, 1.165) is 43.4 Å². The van der Waals surface area contributed by atoms with E-state index in [4.69, 9.17) is 11.6 Å². The number of amides is 1. The number of halogens is 1. The Bertz CT molecular complexity index is 947. The van der Waals surface area contributed by atoms with Crippen LogP contribution in [-0.4, -0.2) is 64.0 Å². The number of hydrogen-bond acceptors (Lipinski definition) is 7. The van der Waals surface area contributed by atoms with Gasteiger partial charge < -0.3 is 15.1 Å². The van der Waals surface area contributed by atoms with Gasteiger partial charge in [-0.15, -0.1) is 16.4 Å². The number of nitrogens with one attached hydrogen (secondary N) is 1. The van der Waals surface area contributed by atoms with Gasteiger partial charge in [0.05, 0.1) is 39.5 Å². The third-order valence-corrected chi connectivity index (χ3v) is 5.88. The summed E-state index contributed by atoms with van der Waals surface area (Å²) in [6.07, 6.45) is 3.42. The maximum atomic E-state index is 12.2. The minimum absolute atomic E-state index is 0.173. The van der Waals surface area contributed by atoms with E-state index in [-0.39, 0.29) is 5.91 Å². The average Bonchev–Trinajstić information content (AvgIpc) is 3.36. The van der Waals surface area contributed by atoms with Crippen molar-refractivity contribution >= 4 is 34.7 Å². The molecule has 3 aromatic rings. The second-order valence-corrected chi connectivity index (χ2v) is 8.30. The molecule has 8 nitrogen and oxygen atoms in total. The van der Waals surface area contributed by atoms with Crippen LogP contribution in [0.2, 0.25) is 4.34 Å². The molecule has 0 bridgehead atoms. The number of likely N-dealkylation sites (N-methyl/N-ethyl adjacent to an activating group) is 1. The maximum absolute atomic E-state index is 12.2. The molecule has 0 saturated carbocycles. The van der Waals surface area contributed by atoms with Crippen molar-refractivity contribution in [3.8, 4) is 5.69 Å². The molecule has 3 aromatic heterocycles. The molecule has 1 fully saturated rings. The summed E-state index contributed by atoms with van der Waals surface area (Å²) < 4.78 is 2.27. The molecule has 0 spiro atoms. The smallest absolute Gasteiger partial charge is 0.261 e. The zero-order valence-electron chi connectivity index (χ0n) is 15.4. The number of hydrogen-bond donors (Lipinski definition) is 1. The van der Waals surface area contributed by atoms with Crippen LogP contribution in [0.25, 0.3) is 5.69 Å². The van der Waals surface area contributed by atoms with Gasteiger partial charge >= 0.3 is 0 Å². The predicted molar refractivity (Wildman–Crippen MR) is 109 cm³/mol. The minimum atomic E-state index is -0.173. The fourth-order valence-corrected chi connectivity index (χ4v) is 3.97. The fraction of sp³-hybridized carbons (Fsp3) is 0.333. The van der Waals surface area contributed by atoms with Gasteiger partial charge in [0.2, 0.25) is 0 Å². The Morgan fingerprint density at radius 2 is 2.00 bits per heavy atom. The molecule has 4 rings (SSSR count). The maximum Gasteiger partial charge on any atom is 0.261 e. The third kappa shape index (κ3) is 4.16. The number of carbonyl (C=O) groups excluding carboxylic acids is 1. The van der Waals surface area contributed by atoms with Crippen LogP contribution in [0.4, 0.5) is 5.82 Å². The second kappa shape index (κ2) is 8.26. The first-order valence-electron chi connectivity index (χ1n) is 8.93. The molecule has 1 aliphatic rings. The van der Waals surface area contributed by atoms with Gasteiger partial charge in [-0.05, 0) is 31.3 Å². The van der Waals surface area contributed by atoms with Crippen molar-refractivity contribution in [1.82, 2.24) is 30.2 Å². The molecule has 146 valence electrons. The highest BCUT2D eigenvalue weighted by Crippen LogP contribution is 2.21. The van der Waals surface area contributed by atoms with Crippen LogP contribution in [0.1, 0.15) is 15.4 Å². The minimum Gasteiger partial charge on any atom is -0.354 e. The quantitative estimate of drug-likeness (QED) is 0.684. The summed E-state index contributed by atoms with van der Waals surface area (Å²) in [5, 5.41) is 11.0. The molecule has 1 amide bonds. The van der Waals surface area contributed by atoms with Gasteiger partial charge in [-0.25, -0.2) is 9.67 Å². The number of nitrogens with zero attached hydrogens (tertiary/aromatic N) is 6. The molecule has 0 aromatic carbocycles. The Morgan fingerprint density at radius 3 is 2.68 bits per heavy atom. The van der Waals surface area contributed by atoms with Crippen LogP contribution >= 0.6 is 22.9 Å². The van der Waals surface area contributed by atoms with Crippen LogP contribution in [-0.2, 0) is 6.54 Å². The highest BCUT2D eigenvalue weighted by Gasteiger charge is 2.16. The van der Waals surface area contributed by atoms with E-state index in [9.17, 15) is 4.79 Å². The van der Waals surface area contributed by atoms with E-state index in [1.807, 2.05) is 12.1 Å². The van der Waals surface area contributed by atoms with Crippen molar-refractivity contribution in [2.24, 2.45) is 0 Å². The Labute approximate surface area is 171 Å². The van der Waals surface area contributed by atoms with Crippen molar-refractivity contribution in [2.75, 3.05) is 38.1 Å². The van der Waals surface area contributed by atoms with Gasteiger partial charge in [-0.2, -0.15) is 0 Å². The number of piperazine rings is 1. The molecule has 28 heavy (non-hydrogen) atoms. The summed E-state index contributed by atoms with van der Waals surface area (Å²) in [6, 6.07) is 7.39. The van der Waals surface area contributed by atoms with Gasteiger partial charge in [0.1, 0.15) is 5.82 Å². The van der Waals surface area contributed by atoms with Crippen LogP contribution in [0.15, 0.2) is 36.7 Å². The van der Waals surface area contributed by atoms with Crippen molar-refractivity contribution in [3.63, 3.8) is 0 Å². The van der Waals surface area contributed by atoms with Crippen LogP contribution in [0.5, 0.6) is 0 Å². The Kier molecular flexibility index (Phi) is 5.56. The normalized spacial score (nSPS) is 15.0. The molecule has 0 aliphatic carbocycles. The highest BCUT2D eigenvalue weighted by atomic mass is 35.5. The number of pyridine rings is 1. The summed E-state index contributed by atoms with van der Waals surface area (Å²) in [5.74, 6) is 0.787. The Morgan fingerprint density at radius 1 is 1.18 bits per heavy atom. The molecule has 0 atom stereocenters. The summed E-state index contributed by atoms with van der Waals surface area (Å²) in [4.78, 5) is 22.0. The molecule has 1 aliphatic heterocycles. The summed E-state index contributed by atoms with van der Waals surface area (Å²) in [6.45, 7) is 4.31. The number of carbonyl (C=O) groups is 1. The first kappa shape index (κ1) is 18.9. The highest BCUT2D eigenvalue weighted by molar-refractivity contribution is 7.17. The van der Waals surface area contributed by atoms with Crippen molar-refractivity contribution in [1.29, 1.82) is 0 Å². The van der Waals surface area contributed by atoms with E-state index in [1.165, 1.54) is 11.3 Å². The molecule has 1 N–H and O–H groups in total. The van der Waals surface area contributed by atoms with Crippen molar-refractivity contribution in [2.45, 2.75) is 6.54 Å². The van der Waals surface area contributed by atoms with E-state index >= 15 is 0 Å². The van der Waals surface area contributed by atoms with E-state index < -0.39 is 0 Å². The lowest BCUT2D eigenvalue weighted by molar-refractivity contribution is 0.0954. The van der Waals surface area contributed by atoms with Gasteiger partial charge in [-0.3, -0.25) is 4.79 Å². The summed E-state index contributed by atoms with van der Waals surface area (Å²) in [5.41, 5.74) is 1.57. The molecule has 0 unspecified atom stereocenters. The SMILES string of the molecule is CN1CCN(c2ccc(-n3nncc3CNC(=O)c3ccc(Cl)s3)cn2)CC1. The number of rotatable bonds is 5. The first-order chi connectivity index (χ1) is 13.6. The number of aromatic nitrogens is 4. The zero-order valence-corrected chi connectivity index (χ0v) is 16.9. The molecule has 1 saturated heterocycles. The lowest BCUT2D eigenvalue weighted by Crippen LogP contribution is -2.44. The van der Waals surface area contributed by atoms with Gasteiger partial charge in [0.15, 0.2) is 0 Å². The second-order valence-electron chi connectivity index (χ2n) is 6.59. The van der Waals surface area contributed by atoms with Crippen LogP contribution in [0.3, 0.4) is 0 Å². The van der Waals surface area contributed by atoms with E-state index in [1.54, 1.807) is 29.2 Å². The fourth-order valence-electron chi connectivity index (χ4n) is 3.01. The molecule has 10 heteroatoms. The Hall–Kier alpha value is -2.49.